The molecular formula is C14H13ClN4. The first kappa shape index (κ1) is 11.1. The van der Waals surface area contributed by atoms with E-state index in [1.54, 1.807) is 6.33 Å². The molecule has 0 unspecified atom stereocenters. The van der Waals surface area contributed by atoms with Crippen LogP contribution in [0, 0.1) is 0 Å². The highest BCUT2D eigenvalue weighted by atomic mass is 35.5. The van der Waals surface area contributed by atoms with Crippen LogP contribution in [0.15, 0.2) is 24.5 Å². The van der Waals surface area contributed by atoms with Gasteiger partial charge < -0.3 is 9.88 Å². The standard InChI is InChI=1S/C14H13ClN4/c15-9-3-4-11-10(7-9)12-13(18-11)14(17-8-16-12)19-5-1-2-6-19/h3-4,7-8,18H,1-2,5-6H2. The Hall–Kier alpha value is -1.81. The summed E-state index contributed by atoms with van der Waals surface area (Å²) in [6, 6.07) is 5.84. The summed E-state index contributed by atoms with van der Waals surface area (Å²) in [6.45, 7) is 2.14. The van der Waals surface area contributed by atoms with Crippen molar-refractivity contribution in [2.75, 3.05) is 18.0 Å². The van der Waals surface area contributed by atoms with Gasteiger partial charge in [0, 0.05) is 29.0 Å². The summed E-state index contributed by atoms with van der Waals surface area (Å²) in [5.41, 5.74) is 3.02. The lowest BCUT2D eigenvalue weighted by atomic mass is 10.2. The van der Waals surface area contributed by atoms with E-state index in [4.69, 9.17) is 11.6 Å². The van der Waals surface area contributed by atoms with Gasteiger partial charge in [-0.3, -0.25) is 0 Å². The molecular weight excluding hydrogens is 260 g/mol. The van der Waals surface area contributed by atoms with Gasteiger partial charge in [-0.05, 0) is 31.0 Å². The molecule has 1 fully saturated rings. The summed E-state index contributed by atoms with van der Waals surface area (Å²) < 4.78 is 0. The Balaban J connectivity index is 2.02. The Kier molecular flexibility index (Phi) is 2.38. The van der Waals surface area contributed by atoms with Crippen LogP contribution in [-0.2, 0) is 0 Å². The number of hydrogen-bond donors (Lipinski definition) is 1. The molecule has 96 valence electrons. The van der Waals surface area contributed by atoms with E-state index < -0.39 is 0 Å². The summed E-state index contributed by atoms with van der Waals surface area (Å²) in [6.07, 6.45) is 4.11. The molecule has 0 saturated carbocycles. The molecule has 1 aromatic carbocycles. The van der Waals surface area contributed by atoms with Gasteiger partial charge in [0.1, 0.15) is 17.4 Å². The minimum absolute atomic E-state index is 0.731. The second-order valence-electron chi connectivity index (χ2n) is 4.93. The molecule has 0 radical (unpaired) electrons. The molecule has 4 rings (SSSR count). The van der Waals surface area contributed by atoms with E-state index in [1.807, 2.05) is 18.2 Å². The largest absolute Gasteiger partial charge is 0.355 e. The van der Waals surface area contributed by atoms with Crippen LogP contribution >= 0.6 is 11.6 Å². The van der Waals surface area contributed by atoms with Crippen LogP contribution in [0.4, 0.5) is 5.82 Å². The number of nitrogens with one attached hydrogen (secondary N) is 1. The molecule has 0 aliphatic carbocycles. The van der Waals surface area contributed by atoms with Crippen LogP contribution in [0.2, 0.25) is 5.02 Å². The minimum atomic E-state index is 0.731. The number of fused-ring (bicyclic) bond motifs is 3. The zero-order chi connectivity index (χ0) is 12.8. The average Bonchev–Trinajstić information content (AvgIpc) is 3.05. The second kappa shape index (κ2) is 4.10. The molecule has 5 heteroatoms. The predicted octanol–water partition coefficient (Wildman–Crippen LogP) is 3.36. The molecule has 3 heterocycles. The quantitative estimate of drug-likeness (QED) is 0.739. The first-order valence-electron chi connectivity index (χ1n) is 6.50. The third kappa shape index (κ3) is 1.67. The number of H-pyrrole nitrogens is 1. The number of rotatable bonds is 1. The second-order valence-corrected chi connectivity index (χ2v) is 5.37. The molecule has 1 N–H and O–H groups in total. The first-order valence-corrected chi connectivity index (χ1v) is 6.87. The lowest BCUT2D eigenvalue weighted by molar-refractivity contribution is 0.937. The first-order chi connectivity index (χ1) is 9.33. The zero-order valence-electron chi connectivity index (χ0n) is 10.4. The van der Waals surface area contributed by atoms with Gasteiger partial charge in [0.2, 0.25) is 0 Å². The fourth-order valence-corrected chi connectivity index (χ4v) is 2.99. The van der Waals surface area contributed by atoms with Gasteiger partial charge >= 0.3 is 0 Å². The molecule has 2 aromatic heterocycles. The lowest BCUT2D eigenvalue weighted by Crippen LogP contribution is -2.19. The monoisotopic (exact) mass is 272 g/mol. The molecule has 1 saturated heterocycles. The summed E-state index contributed by atoms with van der Waals surface area (Å²) >= 11 is 6.08. The number of hydrogen-bond acceptors (Lipinski definition) is 3. The summed E-state index contributed by atoms with van der Waals surface area (Å²) in [5.74, 6) is 1.01. The Bertz CT molecular complexity index is 759. The maximum absolute atomic E-state index is 6.08. The third-order valence-corrected chi connectivity index (χ3v) is 3.96. The Labute approximate surface area is 115 Å². The maximum Gasteiger partial charge on any atom is 0.156 e. The number of benzene rings is 1. The summed E-state index contributed by atoms with van der Waals surface area (Å²) in [4.78, 5) is 14.6. The van der Waals surface area contributed by atoms with E-state index in [0.717, 1.165) is 45.9 Å². The van der Waals surface area contributed by atoms with Gasteiger partial charge in [-0.1, -0.05) is 11.6 Å². The van der Waals surface area contributed by atoms with E-state index in [9.17, 15) is 0 Å². The topological polar surface area (TPSA) is 44.8 Å². The average molecular weight is 273 g/mol. The number of aromatic nitrogens is 3. The highest BCUT2D eigenvalue weighted by Gasteiger charge is 2.18. The van der Waals surface area contributed by atoms with Crippen molar-refractivity contribution in [3.63, 3.8) is 0 Å². The van der Waals surface area contributed by atoms with Crippen molar-refractivity contribution in [1.29, 1.82) is 0 Å². The fraction of sp³-hybridized carbons (Fsp3) is 0.286. The Morgan fingerprint density at radius 2 is 2.00 bits per heavy atom. The molecule has 0 amide bonds. The maximum atomic E-state index is 6.08. The number of aromatic amines is 1. The smallest absolute Gasteiger partial charge is 0.156 e. The Morgan fingerprint density at radius 3 is 2.84 bits per heavy atom. The molecule has 1 aliphatic rings. The van der Waals surface area contributed by atoms with Crippen molar-refractivity contribution in [1.82, 2.24) is 15.0 Å². The number of anilines is 1. The van der Waals surface area contributed by atoms with E-state index in [2.05, 4.69) is 19.9 Å². The van der Waals surface area contributed by atoms with Gasteiger partial charge in [-0.15, -0.1) is 0 Å². The van der Waals surface area contributed by atoms with Crippen LogP contribution < -0.4 is 4.90 Å². The molecule has 0 spiro atoms. The van der Waals surface area contributed by atoms with E-state index >= 15 is 0 Å². The van der Waals surface area contributed by atoms with Gasteiger partial charge in [-0.25, -0.2) is 9.97 Å². The van der Waals surface area contributed by atoms with Gasteiger partial charge in [0.15, 0.2) is 5.82 Å². The van der Waals surface area contributed by atoms with Crippen molar-refractivity contribution >= 4 is 39.4 Å². The van der Waals surface area contributed by atoms with Crippen LogP contribution in [-0.4, -0.2) is 28.0 Å². The van der Waals surface area contributed by atoms with Crippen molar-refractivity contribution in [2.45, 2.75) is 12.8 Å². The molecule has 4 nitrogen and oxygen atoms in total. The van der Waals surface area contributed by atoms with Gasteiger partial charge in [-0.2, -0.15) is 0 Å². The molecule has 3 aromatic rings. The normalized spacial score (nSPS) is 15.7. The van der Waals surface area contributed by atoms with Crippen LogP contribution in [0.25, 0.3) is 21.9 Å². The summed E-state index contributed by atoms with van der Waals surface area (Å²) in [5, 5.41) is 1.79. The predicted molar refractivity (Wildman–Crippen MR) is 77.9 cm³/mol. The zero-order valence-corrected chi connectivity index (χ0v) is 11.1. The van der Waals surface area contributed by atoms with Gasteiger partial charge in [0.25, 0.3) is 0 Å². The molecule has 0 bridgehead atoms. The van der Waals surface area contributed by atoms with E-state index in [0.29, 0.717) is 0 Å². The summed E-state index contributed by atoms with van der Waals surface area (Å²) in [7, 11) is 0. The highest BCUT2D eigenvalue weighted by molar-refractivity contribution is 6.31. The number of halogens is 1. The van der Waals surface area contributed by atoms with Crippen LogP contribution in [0.3, 0.4) is 0 Å². The van der Waals surface area contributed by atoms with Crippen LogP contribution in [0.1, 0.15) is 12.8 Å². The van der Waals surface area contributed by atoms with Crippen molar-refractivity contribution < 1.29 is 0 Å². The van der Waals surface area contributed by atoms with Gasteiger partial charge in [0.05, 0.1) is 0 Å². The van der Waals surface area contributed by atoms with E-state index in [-0.39, 0.29) is 0 Å². The molecule has 1 aliphatic heterocycles. The molecule has 19 heavy (non-hydrogen) atoms. The molecule has 0 atom stereocenters. The van der Waals surface area contributed by atoms with Crippen LogP contribution in [0.5, 0.6) is 0 Å². The van der Waals surface area contributed by atoms with Crippen molar-refractivity contribution in [3.8, 4) is 0 Å². The third-order valence-electron chi connectivity index (χ3n) is 3.73. The minimum Gasteiger partial charge on any atom is -0.355 e. The SMILES string of the molecule is Clc1ccc2[nH]c3c(N4CCCC4)ncnc3c2c1. The fourth-order valence-electron chi connectivity index (χ4n) is 2.82. The van der Waals surface area contributed by atoms with Crippen molar-refractivity contribution in [2.24, 2.45) is 0 Å². The Morgan fingerprint density at radius 1 is 1.16 bits per heavy atom. The van der Waals surface area contributed by atoms with Crippen molar-refractivity contribution in [3.05, 3.63) is 29.5 Å². The highest BCUT2D eigenvalue weighted by Crippen LogP contribution is 2.31. The number of nitrogens with zero attached hydrogens (tertiary/aromatic N) is 3. The lowest BCUT2D eigenvalue weighted by Gasteiger charge is -2.16. The van der Waals surface area contributed by atoms with E-state index in [1.165, 1.54) is 12.8 Å².